The number of carbonyl (C=O) groups excluding carboxylic acids is 1. The van der Waals surface area contributed by atoms with Crippen molar-refractivity contribution in [1.29, 1.82) is 0 Å². The molecule has 0 fully saturated rings. The lowest BCUT2D eigenvalue weighted by molar-refractivity contribution is 0.251. The van der Waals surface area contributed by atoms with Gasteiger partial charge in [-0.2, -0.15) is 4.99 Å². The number of guanidine groups is 2. The number of anilines is 1. The van der Waals surface area contributed by atoms with Crippen molar-refractivity contribution in [3.63, 3.8) is 0 Å². The van der Waals surface area contributed by atoms with E-state index in [1.165, 1.54) is 0 Å². The number of fused-ring (bicyclic) bond motifs is 1. The third kappa shape index (κ3) is 2.67. The van der Waals surface area contributed by atoms with Gasteiger partial charge < -0.3 is 27.8 Å². The van der Waals surface area contributed by atoms with Crippen LogP contribution in [0.1, 0.15) is 5.56 Å². The first-order valence-corrected chi connectivity index (χ1v) is 5.16. The number of benzene rings is 1. The minimum Gasteiger partial charge on any atom is -0.370 e. The molecule has 2 rings (SSSR count). The molecule has 1 heterocycles. The number of hydrogen-bond acceptors (Lipinski definition) is 2. The van der Waals surface area contributed by atoms with Gasteiger partial charge in [0.05, 0.1) is 5.69 Å². The highest BCUT2D eigenvalue weighted by atomic mass is 16.2. The predicted octanol–water partition coefficient (Wildman–Crippen LogP) is -0.459. The summed E-state index contributed by atoms with van der Waals surface area (Å²) in [6.07, 6.45) is 0. The van der Waals surface area contributed by atoms with Gasteiger partial charge in [0.25, 0.3) is 0 Å². The van der Waals surface area contributed by atoms with Crippen molar-refractivity contribution in [2.24, 2.45) is 27.2 Å². The molecule has 0 saturated heterocycles. The van der Waals surface area contributed by atoms with E-state index in [4.69, 9.17) is 17.2 Å². The van der Waals surface area contributed by atoms with Crippen LogP contribution in [0.4, 0.5) is 16.2 Å². The lowest BCUT2D eigenvalue weighted by Crippen LogP contribution is -2.33. The first kappa shape index (κ1) is 11.7. The van der Waals surface area contributed by atoms with E-state index in [0.29, 0.717) is 17.9 Å². The summed E-state index contributed by atoms with van der Waals surface area (Å²) in [4.78, 5) is 18.8. The van der Waals surface area contributed by atoms with Crippen molar-refractivity contribution in [3.05, 3.63) is 23.8 Å². The van der Waals surface area contributed by atoms with Gasteiger partial charge in [-0.3, -0.25) is 0 Å². The van der Waals surface area contributed by atoms with Crippen molar-refractivity contribution in [3.8, 4) is 0 Å². The molecular weight excluding hydrogens is 234 g/mol. The molecule has 0 saturated carbocycles. The molecule has 8 N–H and O–H groups in total. The number of nitrogens with zero attached hydrogens (tertiary/aromatic N) is 2. The number of rotatable bonds is 1. The molecule has 18 heavy (non-hydrogen) atoms. The van der Waals surface area contributed by atoms with Gasteiger partial charge in [0.1, 0.15) is 0 Å². The topological polar surface area (TPSA) is 144 Å². The SMILES string of the molecule is NC(N)=NC(N)=Nc1ccc2c(c1)NC(=O)NC2. The van der Waals surface area contributed by atoms with Gasteiger partial charge in [-0.25, -0.2) is 9.79 Å². The highest BCUT2D eigenvalue weighted by molar-refractivity contribution is 5.95. The average Bonchev–Trinajstić information content (AvgIpc) is 2.27. The summed E-state index contributed by atoms with van der Waals surface area (Å²) in [6.45, 7) is 0.481. The molecule has 1 aliphatic rings. The van der Waals surface area contributed by atoms with Crippen LogP contribution < -0.4 is 27.8 Å². The number of hydrogen-bond donors (Lipinski definition) is 5. The molecular formula is C10H13N7O. The summed E-state index contributed by atoms with van der Waals surface area (Å²) in [5.41, 5.74) is 18.1. The monoisotopic (exact) mass is 247 g/mol. The van der Waals surface area contributed by atoms with Crippen LogP contribution in [-0.4, -0.2) is 18.0 Å². The van der Waals surface area contributed by atoms with Crippen LogP contribution in [0.25, 0.3) is 0 Å². The fraction of sp³-hybridized carbons (Fsp3) is 0.100. The maximum atomic E-state index is 11.2. The first-order valence-electron chi connectivity index (χ1n) is 5.16. The summed E-state index contributed by atoms with van der Waals surface area (Å²) in [7, 11) is 0. The average molecular weight is 247 g/mol. The molecule has 2 amide bonds. The van der Waals surface area contributed by atoms with Gasteiger partial charge in [-0.15, -0.1) is 0 Å². The second kappa shape index (κ2) is 4.62. The van der Waals surface area contributed by atoms with Crippen LogP contribution in [0, 0.1) is 0 Å². The van der Waals surface area contributed by atoms with Gasteiger partial charge in [0.2, 0.25) is 5.96 Å². The number of nitrogens with two attached hydrogens (primary N) is 3. The van der Waals surface area contributed by atoms with Crippen molar-refractivity contribution >= 4 is 29.3 Å². The van der Waals surface area contributed by atoms with Crippen LogP contribution in [0.5, 0.6) is 0 Å². The number of nitrogens with one attached hydrogen (secondary N) is 2. The Kier molecular flexibility index (Phi) is 3.00. The third-order valence-corrected chi connectivity index (χ3v) is 2.27. The lowest BCUT2D eigenvalue weighted by atomic mass is 10.1. The molecule has 0 atom stereocenters. The van der Waals surface area contributed by atoms with E-state index in [0.717, 1.165) is 5.56 Å². The molecule has 0 aromatic heterocycles. The Hall–Kier alpha value is -2.77. The highest BCUT2D eigenvalue weighted by Gasteiger charge is 2.13. The van der Waals surface area contributed by atoms with Gasteiger partial charge >= 0.3 is 6.03 Å². The van der Waals surface area contributed by atoms with E-state index in [2.05, 4.69) is 20.6 Å². The van der Waals surface area contributed by atoms with Crippen LogP contribution in [-0.2, 0) is 6.54 Å². The zero-order chi connectivity index (χ0) is 13.1. The summed E-state index contributed by atoms with van der Waals surface area (Å²) in [5, 5.41) is 5.33. The Morgan fingerprint density at radius 2 is 2.06 bits per heavy atom. The second-order valence-corrected chi connectivity index (χ2v) is 3.66. The van der Waals surface area contributed by atoms with E-state index in [-0.39, 0.29) is 18.0 Å². The number of urea groups is 1. The van der Waals surface area contributed by atoms with Crippen molar-refractivity contribution in [1.82, 2.24) is 5.32 Å². The molecule has 8 heteroatoms. The summed E-state index contributed by atoms with van der Waals surface area (Å²) in [6, 6.07) is 5.04. The normalized spacial score (nSPS) is 14.2. The molecule has 1 aromatic rings. The molecule has 0 aliphatic carbocycles. The Bertz CT molecular complexity index is 545. The molecule has 0 radical (unpaired) electrons. The van der Waals surface area contributed by atoms with Crippen molar-refractivity contribution in [2.75, 3.05) is 5.32 Å². The predicted molar refractivity (Wildman–Crippen MR) is 69.4 cm³/mol. The Balaban J connectivity index is 2.29. The Morgan fingerprint density at radius 3 is 2.78 bits per heavy atom. The molecule has 94 valence electrons. The molecule has 0 spiro atoms. The minimum absolute atomic E-state index is 0.0461. The smallest absolute Gasteiger partial charge is 0.319 e. The Morgan fingerprint density at radius 1 is 1.28 bits per heavy atom. The van der Waals surface area contributed by atoms with Crippen LogP contribution in [0.3, 0.4) is 0 Å². The molecule has 0 unspecified atom stereocenters. The molecule has 1 aliphatic heterocycles. The zero-order valence-corrected chi connectivity index (χ0v) is 9.47. The molecule has 8 nitrogen and oxygen atoms in total. The van der Waals surface area contributed by atoms with Crippen LogP contribution in [0.15, 0.2) is 28.2 Å². The van der Waals surface area contributed by atoms with Gasteiger partial charge in [-0.1, -0.05) is 6.07 Å². The quantitative estimate of drug-likeness (QED) is 0.338. The summed E-state index contributed by atoms with van der Waals surface area (Å²) < 4.78 is 0. The second-order valence-electron chi connectivity index (χ2n) is 3.66. The molecule has 1 aromatic carbocycles. The summed E-state index contributed by atoms with van der Waals surface area (Å²) in [5.74, 6) is -0.207. The first-order chi connectivity index (χ1) is 8.54. The summed E-state index contributed by atoms with van der Waals surface area (Å²) >= 11 is 0. The standard InChI is InChI=1S/C10H13N7O/c11-8(12)17-9(13)15-6-2-1-5-4-14-10(18)16-7(5)3-6/h1-3H,4H2,(H2,14,16,18)(H6,11,12,13,15,17). The van der Waals surface area contributed by atoms with Gasteiger partial charge in [0, 0.05) is 12.2 Å². The van der Waals surface area contributed by atoms with Crippen LogP contribution >= 0.6 is 0 Å². The lowest BCUT2D eigenvalue weighted by Gasteiger charge is -2.18. The molecule has 0 bridgehead atoms. The van der Waals surface area contributed by atoms with Crippen molar-refractivity contribution < 1.29 is 4.79 Å². The van der Waals surface area contributed by atoms with Gasteiger partial charge in [-0.05, 0) is 17.7 Å². The maximum absolute atomic E-state index is 11.2. The Labute approximate surface area is 103 Å². The number of aliphatic imine (C=N–C) groups is 2. The number of amides is 2. The third-order valence-electron chi connectivity index (χ3n) is 2.27. The fourth-order valence-corrected chi connectivity index (χ4v) is 1.54. The van der Waals surface area contributed by atoms with E-state index >= 15 is 0 Å². The highest BCUT2D eigenvalue weighted by Crippen LogP contribution is 2.24. The zero-order valence-electron chi connectivity index (χ0n) is 9.47. The number of carbonyl (C=O) groups is 1. The van der Waals surface area contributed by atoms with E-state index in [1.54, 1.807) is 12.1 Å². The van der Waals surface area contributed by atoms with Gasteiger partial charge in [0.15, 0.2) is 5.96 Å². The maximum Gasteiger partial charge on any atom is 0.319 e. The van der Waals surface area contributed by atoms with Crippen molar-refractivity contribution in [2.45, 2.75) is 6.54 Å². The minimum atomic E-state index is -0.249. The largest absolute Gasteiger partial charge is 0.370 e. The van der Waals surface area contributed by atoms with Crippen LogP contribution in [0.2, 0.25) is 0 Å². The van der Waals surface area contributed by atoms with E-state index in [1.807, 2.05) is 6.07 Å². The van der Waals surface area contributed by atoms with E-state index in [9.17, 15) is 4.79 Å². The fourth-order valence-electron chi connectivity index (χ4n) is 1.54. The van der Waals surface area contributed by atoms with E-state index < -0.39 is 0 Å².